The number of hydrogen-bond acceptors (Lipinski definition) is 4. The largest absolute Gasteiger partial charge is 0.393 e. The number of carbonyl (C=O) groups is 2. The maximum absolute atomic E-state index is 12.4. The lowest BCUT2D eigenvalue weighted by atomic mass is 9.93. The Bertz CT molecular complexity index is 561. The molecule has 3 saturated carbocycles. The molecule has 8 nitrogen and oxygen atoms in total. The summed E-state index contributed by atoms with van der Waals surface area (Å²) in [7, 11) is 0. The molecule has 3 aliphatic rings. The summed E-state index contributed by atoms with van der Waals surface area (Å²) in [6.07, 6.45) is 11.6. The van der Waals surface area contributed by atoms with Gasteiger partial charge in [-0.15, -0.1) is 0 Å². The fourth-order valence-electron chi connectivity index (χ4n) is 5.14. The third-order valence-corrected chi connectivity index (χ3v) is 6.89. The molecule has 0 aliphatic heterocycles. The van der Waals surface area contributed by atoms with Crippen molar-refractivity contribution in [2.45, 2.75) is 126 Å². The summed E-state index contributed by atoms with van der Waals surface area (Å²) in [5.41, 5.74) is 0. The van der Waals surface area contributed by atoms with E-state index in [1.54, 1.807) is 0 Å². The van der Waals surface area contributed by atoms with Crippen LogP contribution in [0.1, 0.15) is 89.9 Å². The summed E-state index contributed by atoms with van der Waals surface area (Å²) >= 11 is 0. The second-order valence-electron chi connectivity index (χ2n) is 9.51. The molecule has 0 aromatic rings. The van der Waals surface area contributed by atoms with E-state index in [1.165, 1.54) is 0 Å². The molecule has 172 valence electrons. The number of amides is 4. The predicted octanol–water partition coefficient (Wildman–Crippen LogP) is 2.28. The van der Waals surface area contributed by atoms with Gasteiger partial charge in [0.25, 0.3) is 0 Å². The molecule has 6 atom stereocenters. The zero-order valence-electron chi connectivity index (χ0n) is 18.1. The molecule has 0 heterocycles. The first-order valence-corrected chi connectivity index (χ1v) is 12.0. The highest BCUT2D eigenvalue weighted by Gasteiger charge is 2.25. The molecule has 1 unspecified atom stereocenters. The normalized spacial score (nSPS) is 35.4. The molecule has 30 heavy (non-hydrogen) atoms. The van der Waals surface area contributed by atoms with Crippen LogP contribution in [-0.2, 0) is 0 Å². The van der Waals surface area contributed by atoms with Crippen LogP contribution in [0.5, 0.6) is 0 Å². The van der Waals surface area contributed by atoms with Crippen molar-refractivity contribution in [1.29, 1.82) is 0 Å². The Morgan fingerprint density at radius 2 is 0.900 bits per heavy atom. The van der Waals surface area contributed by atoms with Crippen molar-refractivity contribution in [3.8, 4) is 0 Å². The average Bonchev–Trinajstić information content (AvgIpc) is 3.02. The van der Waals surface area contributed by atoms with E-state index >= 15 is 0 Å². The second kappa shape index (κ2) is 11.7. The minimum Gasteiger partial charge on any atom is -0.393 e. The molecule has 0 saturated heterocycles. The maximum atomic E-state index is 12.4. The molecule has 6 N–H and O–H groups in total. The van der Waals surface area contributed by atoms with Gasteiger partial charge >= 0.3 is 12.1 Å². The Morgan fingerprint density at radius 3 is 1.47 bits per heavy atom. The minimum absolute atomic E-state index is 0.0581. The van der Waals surface area contributed by atoms with E-state index in [0.29, 0.717) is 6.42 Å². The summed E-state index contributed by atoms with van der Waals surface area (Å²) in [4.78, 5) is 24.7. The van der Waals surface area contributed by atoms with Gasteiger partial charge in [-0.1, -0.05) is 0 Å². The molecule has 0 aromatic carbocycles. The van der Waals surface area contributed by atoms with E-state index in [0.717, 1.165) is 83.5 Å². The van der Waals surface area contributed by atoms with Crippen LogP contribution in [0.25, 0.3) is 0 Å². The summed E-state index contributed by atoms with van der Waals surface area (Å²) in [6.45, 7) is 0. The van der Waals surface area contributed by atoms with E-state index in [9.17, 15) is 19.8 Å². The third-order valence-electron chi connectivity index (χ3n) is 6.89. The van der Waals surface area contributed by atoms with Gasteiger partial charge in [-0.05, 0) is 89.9 Å². The molecule has 3 aliphatic carbocycles. The van der Waals surface area contributed by atoms with Crippen molar-refractivity contribution in [1.82, 2.24) is 21.3 Å². The maximum Gasteiger partial charge on any atom is 0.315 e. The van der Waals surface area contributed by atoms with Crippen LogP contribution in [-0.4, -0.2) is 58.7 Å². The van der Waals surface area contributed by atoms with Crippen LogP contribution >= 0.6 is 0 Å². The van der Waals surface area contributed by atoms with Crippen molar-refractivity contribution in [3.05, 3.63) is 0 Å². The predicted molar refractivity (Wildman–Crippen MR) is 115 cm³/mol. The molecular formula is C22H40N4O4. The lowest BCUT2D eigenvalue weighted by Gasteiger charge is -2.27. The van der Waals surface area contributed by atoms with E-state index in [-0.39, 0.29) is 48.4 Å². The fraction of sp³-hybridized carbons (Fsp3) is 0.909. The molecule has 0 aromatic heterocycles. The Labute approximate surface area is 179 Å². The van der Waals surface area contributed by atoms with Gasteiger partial charge in [0.05, 0.1) is 12.2 Å². The highest BCUT2D eigenvalue weighted by molar-refractivity contribution is 5.75. The average molecular weight is 425 g/mol. The summed E-state index contributed by atoms with van der Waals surface area (Å²) in [6, 6.07) is 0.203. The van der Waals surface area contributed by atoms with Crippen molar-refractivity contribution < 1.29 is 19.8 Å². The standard InChI is InChI=1S/C22H40N4O4/c27-19-8-2-6-17(12-13-19)25-21(29)23-15-4-1-5-16(11-10-15)24-22(30)26-18-7-3-9-20(28)14-18/h15-20,27-28H,1-14H2,(H2,23,25,29)(H2,24,26,30)/t15-,16+,17+,18?,19-,20+/m1/s1. The van der Waals surface area contributed by atoms with Gasteiger partial charge in [0, 0.05) is 24.2 Å². The van der Waals surface area contributed by atoms with E-state index in [4.69, 9.17) is 0 Å². The molecule has 0 radical (unpaired) electrons. The summed E-state index contributed by atoms with van der Waals surface area (Å²) in [5.74, 6) is 0. The topological polar surface area (TPSA) is 123 Å². The minimum atomic E-state index is -0.303. The quantitative estimate of drug-likeness (QED) is 0.388. The first-order chi connectivity index (χ1) is 14.5. The molecule has 3 rings (SSSR count). The Hall–Kier alpha value is -1.54. The smallest absolute Gasteiger partial charge is 0.315 e. The van der Waals surface area contributed by atoms with Crippen LogP contribution in [0.3, 0.4) is 0 Å². The molecular weight excluding hydrogens is 384 g/mol. The molecule has 4 amide bonds. The zero-order chi connectivity index (χ0) is 21.3. The number of aliphatic hydroxyl groups is 2. The van der Waals surface area contributed by atoms with Gasteiger partial charge in [-0.25, -0.2) is 9.59 Å². The summed E-state index contributed by atoms with van der Waals surface area (Å²) in [5, 5.41) is 31.8. The van der Waals surface area contributed by atoms with Gasteiger partial charge in [-0.2, -0.15) is 0 Å². The number of nitrogens with one attached hydrogen (secondary N) is 4. The van der Waals surface area contributed by atoms with Gasteiger partial charge in [0.15, 0.2) is 0 Å². The van der Waals surface area contributed by atoms with Crippen LogP contribution < -0.4 is 21.3 Å². The van der Waals surface area contributed by atoms with Gasteiger partial charge < -0.3 is 31.5 Å². The number of aliphatic hydroxyl groups excluding tert-OH is 2. The number of urea groups is 2. The Balaban J connectivity index is 1.35. The van der Waals surface area contributed by atoms with Crippen LogP contribution in [0, 0.1) is 0 Å². The lowest BCUT2D eigenvalue weighted by Crippen LogP contribution is -2.48. The zero-order valence-corrected chi connectivity index (χ0v) is 18.1. The van der Waals surface area contributed by atoms with Gasteiger partial charge in [-0.3, -0.25) is 0 Å². The van der Waals surface area contributed by atoms with Crippen LogP contribution in [0.4, 0.5) is 9.59 Å². The molecule has 0 bridgehead atoms. The number of hydrogen-bond donors (Lipinski definition) is 6. The van der Waals surface area contributed by atoms with Crippen molar-refractivity contribution in [2.75, 3.05) is 0 Å². The van der Waals surface area contributed by atoms with Crippen molar-refractivity contribution in [3.63, 3.8) is 0 Å². The Kier molecular flexibility index (Phi) is 9.05. The van der Waals surface area contributed by atoms with E-state index in [1.807, 2.05) is 0 Å². The fourth-order valence-corrected chi connectivity index (χ4v) is 5.14. The second-order valence-corrected chi connectivity index (χ2v) is 9.51. The first-order valence-electron chi connectivity index (χ1n) is 12.0. The highest BCUT2D eigenvalue weighted by atomic mass is 16.3. The van der Waals surface area contributed by atoms with Crippen LogP contribution in [0.15, 0.2) is 0 Å². The Morgan fingerprint density at radius 1 is 0.500 bits per heavy atom. The van der Waals surface area contributed by atoms with Crippen molar-refractivity contribution in [2.24, 2.45) is 0 Å². The van der Waals surface area contributed by atoms with E-state index < -0.39 is 0 Å². The van der Waals surface area contributed by atoms with Gasteiger partial charge in [0.2, 0.25) is 0 Å². The van der Waals surface area contributed by atoms with E-state index in [2.05, 4.69) is 21.3 Å². The molecule has 8 heteroatoms. The SMILES string of the molecule is O=C(NC1CCC[C@H](O)C1)N[C@H]1CCC[C@@H](NC(=O)N[C@H]2CCC[C@@H](O)CC2)CC1. The summed E-state index contributed by atoms with van der Waals surface area (Å²) < 4.78 is 0. The molecule has 0 spiro atoms. The monoisotopic (exact) mass is 424 g/mol. The lowest BCUT2D eigenvalue weighted by molar-refractivity contribution is 0.113. The third kappa shape index (κ3) is 7.95. The van der Waals surface area contributed by atoms with Gasteiger partial charge in [0.1, 0.15) is 0 Å². The number of carbonyl (C=O) groups excluding carboxylic acids is 2. The van der Waals surface area contributed by atoms with Crippen molar-refractivity contribution >= 4 is 12.1 Å². The highest BCUT2D eigenvalue weighted by Crippen LogP contribution is 2.21. The van der Waals surface area contributed by atoms with Crippen LogP contribution in [0.2, 0.25) is 0 Å². The molecule has 3 fully saturated rings. The number of rotatable bonds is 4. The first kappa shape index (κ1) is 23.1.